The number of carbonyl (C=O) groups excluding carboxylic acids is 1. The molecule has 3 aromatic rings. The summed E-state index contributed by atoms with van der Waals surface area (Å²) in [6, 6.07) is 18.0. The molecule has 0 fully saturated rings. The highest BCUT2D eigenvalue weighted by atomic mass is 35.5. The first kappa shape index (κ1) is 24.2. The highest BCUT2D eigenvalue weighted by Crippen LogP contribution is 2.36. The van der Waals surface area contributed by atoms with E-state index in [-0.39, 0.29) is 5.91 Å². The van der Waals surface area contributed by atoms with Crippen LogP contribution in [-0.4, -0.2) is 39.3 Å². The Morgan fingerprint density at radius 2 is 1.52 bits per heavy atom. The van der Waals surface area contributed by atoms with Gasteiger partial charge in [-0.1, -0.05) is 17.7 Å². The van der Waals surface area contributed by atoms with Crippen LogP contribution in [-0.2, 0) is 0 Å². The monoisotopic (exact) mass is 484 g/mol. The molecule has 7 nitrogen and oxygen atoms in total. The number of hydrogen-bond donors (Lipinski definition) is 3. The van der Waals surface area contributed by atoms with Gasteiger partial charge in [-0.25, -0.2) is 0 Å². The normalized spacial score (nSPS) is 10.2. The summed E-state index contributed by atoms with van der Waals surface area (Å²) in [4.78, 5) is 14.5. The molecule has 0 saturated carbocycles. The van der Waals surface area contributed by atoms with Gasteiger partial charge in [-0.3, -0.25) is 4.79 Å². The Morgan fingerprint density at radius 3 is 2.12 bits per heavy atom. The molecule has 33 heavy (non-hydrogen) atoms. The Balaban J connectivity index is 1.63. The van der Waals surface area contributed by atoms with E-state index in [0.29, 0.717) is 38.6 Å². The van der Waals surface area contributed by atoms with Gasteiger partial charge in [0.15, 0.2) is 5.11 Å². The van der Waals surface area contributed by atoms with Gasteiger partial charge in [0.2, 0.25) is 0 Å². The van der Waals surface area contributed by atoms with Crippen LogP contribution in [0.4, 0.5) is 22.7 Å². The summed E-state index contributed by atoms with van der Waals surface area (Å²) >= 11 is 11.6. The molecule has 0 aliphatic carbocycles. The zero-order chi connectivity index (χ0) is 24.0. The molecule has 0 radical (unpaired) electrons. The molecule has 3 rings (SSSR count). The summed E-state index contributed by atoms with van der Waals surface area (Å²) in [7, 11) is 6.95. The van der Waals surface area contributed by atoms with Crippen LogP contribution in [0, 0.1) is 0 Å². The number of rotatable bonds is 7. The van der Waals surface area contributed by atoms with Crippen LogP contribution in [0.2, 0.25) is 5.02 Å². The van der Waals surface area contributed by atoms with Crippen molar-refractivity contribution in [2.45, 2.75) is 0 Å². The summed E-state index contributed by atoms with van der Waals surface area (Å²) in [5.74, 6) is 0.862. The summed E-state index contributed by atoms with van der Waals surface area (Å²) < 4.78 is 10.6. The van der Waals surface area contributed by atoms with Crippen LogP contribution < -0.4 is 30.3 Å². The Morgan fingerprint density at radius 1 is 0.879 bits per heavy atom. The molecular formula is C24H25ClN4O3S. The van der Waals surface area contributed by atoms with Crippen molar-refractivity contribution in [1.82, 2.24) is 0 Å². The van der Waals surface area contributed by atoms with E-state index in [1.54, 1.807) is 37.4 Å². The molecule has 0 heterocycles. The lowest BCUT2D eigenvalue weighted by atomic mass is 10.1. The highest BCUT2D eigenvalue weighted by Gasteiger charge is 2.12. The van der Waals surface area contributed by atoms with Crippen molar-refractivity contribution >= 4 is 57.6 Å². The first-order chi connectivity index (χ1) is 15.8. The molecule has 0 spiro atoms. The van der Waals surface area contributed by atoms with E-state index in [1.807, 2.05) is 49.3 Å². The van der Waals surface area contributed by atoms with Crippen LogP contribution in [0.15, 0.2) is 60.7 Å². The molecule has 0 unspecified atom stereocenters. The standard InChI is InChI=1S/C24H25ClN4O3S/c1-29(2)18-7-5-6-15(12-18)23(30)26-16-8-10-17(11-9-16)27-24(33)28-20-13-19(25)21(31-3)14-22(20)32-4/h5-14H,1-4H3,(H,26,30)(H2,27,28,33). The van der Waals surface area contributed by atoms with Crippen LogP contribution in [0.25, 0.3) is 0 Å². The Labute approximate surface area is 203 Å². The fourth-order valence-corrected chi connectivity index (χ4v) is 3.48. The minimum absolute atomic E-state index is 0.180. The zero-order valence-electron chi connectivity index (χ0n) is 18.7. The van der Waals surface area contributed by atoms with Crippen LogP contribution >= 0.6 is 23.8 Å². The third kappa shape index (κ3) is 6.27. The zero-order valence-corrected chi connectivity index (χ0v) is 20.3. The lowest BCUT2D eigenvalue weighted by Crippen LogP contribution is -2.19. The first-order valence-corrected chi connectivity index (χ1v) is 10.8. The maximum Gasteiger partial charge on any atom is 0.255 e. The third-order valence-corrected chi connectivity index (χ3v) is 5.25. The number of hydrogen-bond acceptors (Lipinski definition) is 5. The summed E-state index contributed by atoms with van der Waals surface area (Å²) in [5.41, 5.74) is 3.56. The number of nitrogens with one attached hydrogen (secondary N) is 3. The molecule has 0 aromatic heterocycles. The van der Waals surface area contributed by atoms with E-state index in [1.165, 1.54) is 7.11 Å². The fraction of sp³-hybridized carbons (Fsp3) is 0.167. The Bertz CT molecular complexity index is 1150. The molecule has 0 atom stereocenters. The summed E-state index contributed by atoms with van der Waals surface area (Å²) in [5, 5.41) is 9.84. The summed E-state index contributed by atoms with van der Waals surface area (Å²) in [6.07, 6.45) is 0. The van der Waals surface area contributed by atoms with Crippen molar-refractivity contribution in [2.75, 3.05) is 49.2 Å². The van der Waals surface area contributed by atoms with Gasteiger partial charge in [0, 0.05) is 42.8 Å². The molecule has 3 N–H and O–H groups in total. The lowest BCUT2D eigenvalue weighted by molar-refractivity contribution is 0.102. The SMILES string of the molecule is COc1cc(OC)c(NC(=S)Nc2ccc(NC(=O)c3cccc(N(C)C)c3)cc2)cc1Cl. The fourth-order valence-electron chi connectivity index (χ4n) is 3.01. The molecule has 172 valence electrons. The van der Waals surface area contributed by atoms with Gasteiger partial charge in [-0.2, -0.15) is 0 Å². The topological polar surface area (TPSA) is 74.9 Å². The average Bonchev–Trinajstić information content (AvgIpc) is 2.80. The van der Waals surface area contributed by atoms with E-state index in [2.05, 4.69) is 16.0 Å². The maximum absolute atomic E-state index is 12.6. The molecule has 0 aliphatic heterocycles. The Kier molecular flexibility index (Phi) is 7.97. The molecule has 9 heteroatoms. The molecular weight excluding hydrogens is 460 g/mol. The second-order valence-corrected chi connectivity index (χ2v) is 8.06. The van der Waals surface area contributed by atoms with Gasteiger partial charge in [0.05, 0.1) is 24.9 Å². The Hall–Kier alpha value is -3.49. The smallest absolute Gasteiger partial charge is 0.255 e. The average molecular weight is 485 g/mol. The van der Waals surface area contributed by atoms with E-state index >= 15 is 0 Å². The van der Waals surface area contributed by atoms with E-state index < -0.39 is 0 Å². The van der Waals surface area contributed by atoms with Crippen molar-refractivity contribution in [1.29, 1.82) is 0 Å². The third-order valence-electron chi connectivity index (χ3n) is 4.75. The number of thiocarbonyl (C=S) groups is 1. The van der Waals surface area contributed by atoms with Crippen molar-refractivity contribution in [2.24, 2.45) is 0 Å². The second-order valence-electron chi connectivity index (χ2n) is 7.24. The number of halogens is 1. The second kappa shape index (κ2) is 10.9. The molecule has 0 bridgehead atoms. The number of anilines is 4. The molecule has 0 saturated heterocycles. The van der Waals surface area contributed by atoms with Crippen LogP contribution in [0.1, 0.15) is 10.4 Å². The largest absolute Gasteiger partial charge is 0.495 e. The molecule has 0 aliphatic rings. The first-order valence-electron chi connectivity index (χ1n) is 9.99. The van der Waals surface area contributed by atoms with Gasteiger partial charge in [-0.15, -0.1) is 0 Å². The van der Waals surface area contributed by atoms with E-state index in [9.17, 15) is 4.79 Å². The van der Waals surface area contributed by atoms with Crippen molar-refractivity contribution in [3.63, 3.8) is 0 Å². The summed E-state index contributed by atoms with van der Waals surface area (Å²) in [6.45, 7) is 0. The van der Waals surface area contributed by atoms with Gasteiger partial charge < -0.3 is 30.3 Å². The van der Waals surface area contributed by atoms with E-state index in [0.717, 1.165) is 11.4 Å². The maximum atomic E-state index is 12.6. The van der Waals surface area contributed by atoms with Crippen molar-refractivity contribution in [3.8, 4) is 11.5 Å². The number of nitrogens with zero attached hydrogens (tertiary/aromatic N) is 1. The predicted molar refractivity (Wildman–Crippen MR) is 140 cm³/mol. The van der Waals surface area contributed by atoms with Crippen molar-refractivity contribution in [3.05, 3.63) is 71.2 Å². The van der Waals surface area contributed by atoms with Crippen LogP contribution in [0.3, 0.4) is 0 Å². The molecule has 1 amide bonds. The van der Waals surface area contributed by atoms with E-state index in [4.69, 9.17) is 33.3 Å². The quantitative estimate of drug-likeness (QED) is 0.383. The number of methoxy groups -OCH3 is 2. The van der Waals surface area contributed by atoms with Gasteiger partial charge >= 0.3 is 0 Å². The minimum atomic E-state index is -0.180. The highest BCUT2D eigenvalue weighted by molar-refractivity contribution is 7.80. The van der Waals surface area contributed by atoms with Gasteiger partial charge in [-0.05, 0) is 60.7 Å². The van der Waals surface area contributed by atoms with Crippen molar-refractivity contribution < 1.29 is 14.3 Å². The predicted octanol–water partition coefficient (Wildman–Crippen LogP) is 5.48. The molecule has 3 aromatic carbocycles. The number of benzene rings is 3. The lowest BCUT2D eigenvalue weighted by Gasteiger charge is -2.16. The van der Waals surface area contributed by atoms with Gasteiger partial charge in [0.25, 0.3) is 5.91 Å². The number of ether oxygens (including phenoxy) is 2. The number of carbonyl (C=O) groups is 1. The number of amides is 1. The van der Waals surface area contributed by atoms with Gasteiger partial charge in [0.1, 0.15) is 11.5 Å². The minimum Gasteiger partial charge on any atom is -0.495 e. The van der Waals surface area contributed by atoms with Crippen LogP contribution in [0.5, 0.6) is 11.5 Å².